The minimum absolute atomic E-state index is 0.0594. The molecule has 8 heteroatoms. The third kappa shape index (κ3) is 3.49. The number of nitrogens with two attached hydrogens (primary N) is 1. The number of carbonyl (C=O) groups is 1. The van der Waals surface area contributed by atoms with Crippen molar-refractivity contribution in [2.75, 3.05) is 6.54 Å². The summed E-state index contributed by atoms with van der Waals surface area (Å²) in [5.74, 6) is -0.252. The van der Waals surface area contributed by atoms with Crippen LogP contribution < -0.4 is 5.14 Å². The zero-order chi connectivity index (χ0) is 17.2. The van der Waals surface area contributed by atoms with Gasteiger partial charge in [0.15, 0.2) is 0 Å². The van der Waals surface area contributed by atoms with Crippen molar-refractivity contribution in [3.63, 3.8) is 0 Å². The molecule has 0 unspecified atom stereocenters. The summed E-state index contributed by atoms with van der Waals surface area (Å²) in [6, 6.07) is 4.94. The third-order valence-corrected chi connectivity index (χ3v) is 4.98. The van der Waals surface area contributed by atoms with E-state index in [-0.39, 0.29) is 17.5 Å². The first-order valence-corrected chi connectivity index (χ1v) is 9.33. The van der Waals surface area contributed by atoms with Crippen LogP contribution in [0.2, 0.25) is 0 Å². The van der Waals surface area contributed by atoms with Gasteiger partial charge in [-0.1, -0.05) is 12.8 Å². The van der Waals surface area contributed by atoms with Crippen molar-refractivity contribution >= 4 is 15.9 Å². The molecule has 1 atom stereocenters. The molecule has 1 fully saturated rings. The third-order valence-electron chi connectivity index (χ3n) is 4.21. The molecule has 24 heavy (non-hydrogen) atoms. The number of hydrogen-bond donors (Lipinski definition) is 1. The van der Waals surface area contributed by atoms with Gasteiger partial charge in [-0.2, -0.15) is 0 Å². The molecule has 0 bridgehead atoms. The highest BCUT2D eigenvalue weighted by Crippen LogP contribution is 2.31. The Morgan fingerprint density at radius 2 is 2.00 bits per heavy atom. The second kappa shape index (κ2) is 6.74. The minimum atomic E-state index is -3.96. The van der Waals surface area contributed by atoms with Gasteiger partial charge < -0.3 is 9.32 Å². The van der Waals surface area contributed by atoms with Crippen LogP contribution in [0.1, 0.15) is 47.6 Å². The highest BCUT2D eigenvalue weighted by Gasteiger charge is 2.29. The van der Waals surface area contributed by atoms with Crippen LogP contribution in [-0.4, -0.2) is 30.8 Å². The molecule has 3 rings (SSSR count). The second-order valence-corrected chi connectivity index (χ2v) is 7.34. The molecular formula is C16H19N3O4S. The molecule has 1 amide bonds. The van der Waals surface area contributed by atoms with Gasteiger partial charge in [0.1, 0.15) is 6.26 Å². The molecule has 2 N–H and O–H groups in total. The fourth-order valence-corrected chi connectivity index (χ4v) is 3.50. The van der Waals surface area contributed by atoms with Gasteiger partial charge in [-0.25, -0.2) is 13.6 Å². The number of pyridine rings is 1. The summed E-state index contributed by atoms with van der Waals surface area (Å²) in [7, 11) is -3.96. The van der Waals surface area contributed by atoms with Gasteiger partial charge in [-0.05, 0) is 30.5 Å². The number of primary sulfonamides is 1. The number of likely N-dealkylation sites (tertiary alicyclic amines) is 1. The normalized spacial score (nSPS) is 19.0. The van der Waals surface area contributed by atoms with Crippen LogP contribution in [0.4, 0.5) is 0 Å². The molecule has 0 radical (unpaired) electrons. The van der Waals surface area contributed by atoms with Crippen molar-refractivity contribution in [1.82, 2.24) is 9.88 Å². The van der Waals surface area contributed by atoms with Crippen LogP contribution >= 0.6 is 0 Å². The fraction of sp³-hybridized carbons (Fsp3) is 0.375. The Morgan fingerprint density at radius 3 is 2.67 bits per heavy atom. The van der Waals surface area contributed by atoms with E-state index < -0.39 is 15.1 Å². The lowest BCUT2D eigenvalue weighted by molar-refractivity contribution is 0.0680. The van der Waals surface area contributed by atoms with Crippen molar-refractivity contribution in [3.8, 4) is 0 Å². The standard InChI is InChI=1S/C16H19N3O4S/c17-24(21,22)15-10-13(11-23-15)16(20)19-9-3-1-2-4-14(19)12-5-7-18-8-6-12/h5-8,10-11,14H,1-4,9H2,(H2,17,21,22)/t14-/m0/s1. The lowest BCUT2D eigenvalue weighted by atomic mass is 10.0. The Bertz CT molecular complexity index is 817. The topological polar surface area (TPSA) is 106 Å². The zero-order valence-electron chi connectivity index (χ0n) is 13.1. The number of furan rings is 1. The van der Waals surface area contributed by atoms with Gasteiger partial charge in [0, 0.05) is 25.0 Å². The number of rotatable bonds is 3. The van der Waals surface area contributed by atoms with Gasteiger partial charge in [-0.15, -0.1) is 0 Å². The molecule has 128 valence electrons. The number of carbonyl (C=O) groups excluding carboxylic acids is 1. The first-order chi connectivity index (χ1) is 11.5. The molecular weight excluding hydrogens is 330 g/mol. The van der Waals surface area contributed by atoms with E-state index in [9.17, 15) is 13.2 Å². The Balaban J connectivity index is 1.91. The summed E-state index contributed by atoms with van der Waals surface area (Å²) in [6.45, 7) is 0.613. The van der Waals surface area contributed by atoms with Crippen LogP contribution in [0.15, 0.2) is 46.4 Å². The predicted octanol–water partition coefficient (Wildman–Crippen LogP) is 2.08. The number of sulfonamides is 1. The predicted molar refractivity (Wildman–Crippen MR) is 86.6 cm³/mol. The van der Waals surface area contributed by atoms with E-state index in [0.29, 0.717) is 6.54 Å². The molecule has 0 aliphatic carbocycles. The fourth-order valence-electron chi connectivity index (χ4n) is 3.03. The van der Waals surface area contributed by atoms with Crippen molar-refractivity contribution < 1.29 is 17.6 Å². The summed E-state index contributed by atoms with van der Waals surface area (Å²) in [6.07, 6.45) is 8.42. The molecule has 7 nitrogen and oxygen atoms in total. The molecule has 1 aliphatic rings. The van der Waals surface area contributed by atoms with Crippen LogP contribution in [0.5, 0.6) is 0 Å². The van der Waals surface area contributed by atoms with Gasteiger partial charge in [-0.3, -0.25) is 9.78 Å². The summed E-state index contributed by atoms with van der Waals surface area (Å²) in [4.78, 5) is 18.7. The Morgan fingerprint density at radius 1 is 1.25 bits per heavy atom. The average molecular weight is 349 g/mol. The van der Waals surface area contributed by atoms with Crippen LogP contribution in [0, 0.1) is 0 Å². The molecule has 1 aliphatic heterocycles. The highest BCUT2D eigenvalue weighted by atomic mass is 32.2. The summed E-state index contributed by atoms with van der Waals surface area (Å²) in [5.41, 5.74) is 1.22. The number of nitrogens with zero attached hydrogens (tertiary/aromatic N) is 2. The van der Waals surface area contributed by atoms with Crippen molar-refractivity contribution in [1.29, 1.82) is 0 Å². The zero-order valence-corrected chi connectivity index (χ0v) is 13.9. The first-order valence-electron chi connectivity index (χ1n) is 7.79. The maximum Gasteiger partial charge on any atom is 0.271 e. The first kappa shape index (κ1) is 16.7. The molecule has 0 spiro atoms. The second-order valence-electron chi connectivity index (χ2n) is 5.84. The Kier molecular flexibility index (Phi) is 4.68. The molecule has 3 heterocycles. The van der Waals surface area contributed by atoms with E-state index in [0.717, 1.165) is 37.5 Å². The largest absolute Gasteiger partial charge is 0.451 e. The van der Waals surface area contributed by atoms with Crippen molar-refractivity contribution in [3.05, 3.63) is 48.0 Å². The SMILES string of the molecule is NS(=O)(=O)c1cc(C(=O)N2CCCCC[C@H]2c2ccncc2)co1. The smallest absolute Gasteiger partial charge is 0.271 e. The van der Waals surface area contributed by atoms with Crippen molar-refractivity contribution in [2.24, 2.45) is 5.14 Å². The van der Waals surface area contributed by atoms with Crippen LogP contribution in [0.3, 0.4) is 0 Å². The summed E-state index contributed by atoms with van der Waals surface area (Å²) < 4.78 is 27.6. The average Bonchev–Trinajstić information content (AvgIpc) is 2.94. The number of hydrogen-bond acceptors (Lipinski definition) is 5. The Hall–Kier alpha value is -2.19. The van der Waals surface area contributed by atoms with E-state index in [1.54, 1.807) is 17.3 Å². The molecule has 0 saturated carbocycles. The van der Waals surface area contributed by atoms with Crippen molar-refractivity contribution in [2.45, 2.75) is 36.8 Å². The van der Waals surface area contributed by atoms with E-state index in [1.807, 2.05) is 12.1 Å². The molecule has 0 aromatic carbocycles. The van der Waals surface area contributed by atoms with Gasteiger partial charge >= 0.3 is 0 Å². The lowest BCUT2D eigenvalue weighted by Crippen LogP contribution is -2.34. The summed E-state index contributed by atoms with van der Waals surface area (Å²) >= 11 is 0. The van der Waals surface area contributed by atoms with E-state index in [2.05, 4.69) is 4.98 Å². The Labute approximate surface area is 140 Å². The maximum absolute atomic E-state index is 12.9. The van der Waals surface area contributed by atoms with E-state index >= 15 is 0 Å². The summed E-state index contributed by atoms with van der Waals surface area (Å²) in [5, 5.41) is 4.64. The van der Waals surface area contributed by atoms with E-state index in [1.165, 1.54) is 6.07 Å². The molecule has 1 saturated heterocycles. The minimum Gasteiger partial charge on any atom is -0.451 e. The van der Waals surface area contributed by atoms with Gasteiger partial charge in [0.2, 0.25) is 5.09 Å². The maximum atomic E-state index is 12.9. The number of amides is 1. The van der Waals surface area contributed by atoms with E-state index in [4.69, 9.17) is 9.56 Å². The molecule has 2 aromatic rings. The quantitative estimate of drug-likeness (QED) is 0.913. The number of aromatic nitrogens is 1. The monoisotopic (exact) mass is 349 g/mol. The van der Waals surface area contributed by atoms with Crippen LogP contribution in [0.25, 0.3) is 0 Å². The van der Waals surface area contributed by atoms with Gasteiger partial charge in [0.05, 0.1) is 11.6 Å². The lowest BCUT2D eigenvalue weighted by Gasteiger charge is -2.30. The highest BCUT2D eigenvalue weighted by molar-refractivity contribution is 7.89. The molecule has 2 aromatic heterocycles. The van der Waals surface area contributed by atoms with Crippen LogP contribution in [-0.2, 0) is 10.0 Å². The van der Waals surface area contributed by atoms with Gasteiger partial charge in [0.25, 0.3) is 15.9 Å².